The molecule has 0 N–H and O–H groups in total. The molecule has 0 aliphatic carbocycles. The molecule has 0 amide bonds. The lowest BCUT2D eigenvalue weighted by Crippen LogP contribution is -2.54. The van der Waals surface area contributed by atoms with E-state index in [1.165, 1.54) is 7.11 Å². The summed E-state index contributed by atoms with van der Waals surface area (Å²) in [5, 5.41) is 0. The molecule has 1 saturated heterocycles. The molecule has 78 valence electrons. The molecule has 4 heteroatoms. The van der Waals surface area contributed by atoms with Gasteiger partial charge in [-0.05, 0) is 20.3 Å². The van der Waals surface area contributed by atoms with E-state index >= 15 is 0 Å². The van der Waals surface area contributed by atoms with Crippen LogP contribution in [-0.2, 0) is 4.74 Å². The molecule has 0 saturated carbocycles. The number of methoxy groups -OCH3 is 1. The minimum Gasteiger partial charge on any atom is -0.375 e. The summed E-state index contributed by atoms with van der Waals surface area (Å²) in [5.41, 5.74) is 0. The fourth-order valence-corrected chi connectivity index (χ4v) is 1.68. The molecule has 0 bridgehead atoms. The maximum atomic E-state index is 13.3. The van der Waals surface area contributed by atoms with Gasteiger partial charge in [-0.2, -0.15) is 0 Å². The van der Waals surface area contributed by atoms with Crippen molar-refractivity contribution in [2.75, 3.05) is 20.2 Å². The van der Waals surface area contributed by atoms with Crippen LogP contribution < -0.4 is 0 Å². The molecule has 0 spiro atoms. The van der Waals surface area contributed by atoms with Gasteiger partial charge in [-0.25, -0.2) is 8.78 Å². The first kappa shape index (κ1) is 10.9. The standard InChI is InChI=1S/C9H17F2NO/c1-7(2)12-5-4-8(13-3)9(10,11)6-12/h7-8H,4-6H2,1-3H3. The van der Waals surface area contributed by atoms with Crippen LogP contribution in [0.4, 0.5) is 8.78 Å². The lowest BCUT2D eigenvalue weighted by molar-refractivity contribution is -0.166. The van der Waals surface area contributed by atoms with Crippen LogP contribution in [0.15, 0.2) is 0 Å². The molecule has 1 fully saturated rings. The van der Waals surface area contributed by atoms with Crippen LogP contribution >= 0.6 is 0 Å². The predicted molar refractivity (Wildman–Crippen MR) is 47.1 cm³/mol. The first-order valence-corrected chi connectivity index (χ1v) is 4.62. The highest BCUT2D eigenvalue weighted by Crippen LogP contribution is 2.29. The van der Waals surface area contributed by atoms with E-state index in [0.717, 1.165) is 0 Å². The van der Waals surface area contributed by atoms with Crippen LogP contribution in [0.25, 0.3) is 0 Å². The van der Waals surface area contributed by atoms with Crippen LogP contribution in [0.2, 0.25) is 0 Å². The Morgan fingerprint density at radius 3 is 2.46 bits per heavy atom. The molecule has 0 radical (unpaired) electrons. The van der Waals surface area contributed by atoms with E-state index in [9.17, 15) is 8.78 Å². The van der Waals surface area contributed by atoms with Crippen molar-refractivity contribution in [1.29, 1.82) is 0 Å². The number of likely N-dealkylation sites (tertiary alicyclic amines) is 1. The van der Waals surface area contributed by atoms with Gasteiger partial charge >= 0.3 is 0 Å². The van der Waals surface area contributed by atoms with E-state index in [2.05, 4.69) is 0 Å². The highest BCUT2D eigenvalue weighted by Gasteiger charge is 2.45. The highest BCUT2D eigenvalue weighted by molar-refractivity contribution is 4.88. The molecule has 13 heavy (non-hydrogen) atoms. The average Bonchev–Trinajstić information content (AvgIpc) is 2.02. The molecule has 0 aromatic heterocycles. The number of nitrogens with zero attached hydrogens (tertiary/aromatic N) is 1. The van der Waals surface area contributed by atoms with Crippen molar-refractivity contribution < 1.29 is 13.5 Å². The van der Waals surface area contributed by atoms with Gasteiger partial charge in [-0.3, -0.25) is 4.90 Å². The maximum Gasteiger partial charge on any atom is 0.286 e. The van der Waals surface area contributed by atoms with Gasteiger partial charge in [-0.1, -0.05) is 0 Å². The molecular formula is C9H17F2NO. The summed E-state index contributed by atoms with van der Waals surface area (Å²) >= 11 is 0. The molecule has 0 aromatic rings. The Hall–Kier alpha value is -0.220. The Bertz CT molecular complexity index is 173. The lowest BCUT2D eigenvalue weighted by atomic mass is 10.0. The number of halogens is 2. The topological polar surface area (TPSA) is 12.5 Å². The number of rotatable bonds is 2. The summed E-state index contributed by atoms with van der Waals surface area (Å²) in [6, 6.07) is 0.184. The third-order valence-electron chi connectivity index (χ3n) is 2.58. The van der Waals surface area contributed by atoms with Crippen LogP contribution in [0, 0.1) is 0 Å². The summed E-state index contributed by atoms with van der Waals surface area (Å²) < 4.78 is 31.4. The first-order valence-electron chi connectivity index (χ1n) is 4.62. The van der Waals surface area contributed by atoms with Crippen molar-refractivity contribution >= 4 is 0 Å². The van der Waals surface area contributed by atoms with Crippen molar-refractivity contribution in [3.63, 3.8) is 0 Å². The molecule has 2 nitrogen and oxygen atoms in total. The fraction of sp³-hybridized carbons (Fsp3) is 1.00. The highest BCUT2D eigenvalue weighted by atomic mass is 19.3. The summed E-state index contributed by atoms with van der Waals surface area (Å²) in [7, 11) is 1.35. The molecule has 1 rings (SSSR count). The van der Waals surface area contributed by atoms with Crippen LogP contribution in [0.1, 0.15) is 20.3 Å². The van der Waals surface area contributed by atoms with Gasteiger partial charge in [0.25, 0.3) is 5.92 Å². The average molecular weight is 193 g/mol. The maximum absolute atomic E-state index is 13.3. The summed E-state index contributed by atoms with van der Waals surface area (Å²) in [5.74, 6) is -2.70. The Kier molecular flexibility index (Phi) is 3.24. The van der Waals surface area contributed by atoms with Crippen LogP contribution in [-0.4, -0.2) is 43.2 Å². The van der Waals surface area contributed by atoms with Crippen molar-refractivity contribution in [2.45, 2.75) is 38.3 Å². The fourth-order valence-electron chi connectivity index (χ4n) is 1.68. The Morgan fingerprint density at radius 2 is 2.08 bits per heavy atom. The summed E-state index contributed by atoms with van der Waals surface area (Å²) in [6.45, 7) is 4.39. The van der Waals surface area contributed by atoms with E-state index in [0.29, 0.717) is 13.0 Å². The zero-order chi connectivity index (χ0) is 10.1. The van der Waals surface area contributed by atoms with Crippen molar-refractivity contribution in [3.05, 3.63) is 0 Å². The van der Waals surface area contributed by atoms with Gasteiger partial charge in [-0.15, -0.1) is 0 Å². The van der Waals surface area contributed by atoms with Crippen LogP contribution in [0.3, 0.4) is 0 Å². The molecule has 1 heterocycles. The number of alkyl halides is 2. The molecular weight excluding hydrogens is 176 g/mol. The minimum atomic E-state index is -2.70. The summed E-state index contributed by atoms with van der Waals surface area (Å²) in [4.78, 5) is 1.79. The smallest absolute Gasteiger partial charge is 0.286 e. The zero-order valence-electron chi connectivity index (χ0n) is 8.39. The van der Waals surface area contributed by atoms with E-state index in [4.69, 9.17) is 4.74 Å². The molecule has 1 aliphatic heterocycles. The molecule has 1 aliphatic rings. The summed E-state index contributed by atoms with van der Waals surface area (Å²) in [6.07, 6.45) is -0.482. The molecule has 1 atom stereocenters. The third kappa shape index (κ3) is 2.38. The van der Waals surface area contributed by atoms with E-state index < -0.39 is 12.0 Å². The van der Waals surface area contributed by atoms with E-state index in [-0.39, 0.29) is 12.6 Å². The van der Waals surface area contributed by atoms with Crippen LogP contribution in [0.5, 0.6) is 0 Å². The second-order valence-corrected chi connectivity index (χ2v) is 3.84. The Morgan fingerprint density at radius 1 is 1.46 bits per heavy atom. The SMILES string of the molecule is COC1CCN(C(C)C)CC1(F)F. The van der Waals surface area contributed by atoms with Gasteiger partial charge in [0.1, 0.15) is 6.10 Å². The van der Waals surface area contributed by atoms with Crippen molar-refractivity contribution in [3.8, 4) is 0 Å². The number of ether oxygens (including phenoxy) is 1. The third-order valence-corrected chi connectivity index (χ3v) is 2.58. The minimum absolute atomic E-state index is 0.177. The van der Waals surface area contributed by atoms with E-state index in [1.807, 2.05) is 13.8 Å². The quantitative estimate of drug-likeness (QED) is 0.662. The lowest BCUT2D eigenvalue weighted by Gasteiger charge is -2.39. The predicted octanol–water partition coefficient (Wildman–Crippen LogP) is 1.75. The molecule has 0 aromatic carbocycles. The van der Waals surface area contributed by atoms with Gasteiger partial charge in [0.2, 0.25) is 0 Å². The second kappa shape index (κ2) is 3.88. The van der Waals surface area contributed by atoms with Gasteiger partial charge in [0.05, 0.1) is 6.54 Å². The van der Waals surface area contributed by atoms with Crippen molar-refractivity contribution in [2.24, 2.45) is 0 Å². The second-order valence-electron chi connectivity index (χ2n) is 3.84. The van der Waals surface area contributed by atoms with Crippen molar-refractivity contribution in [1.82, 2.24) is 4.90 Å². The monoisotopic (exact) mass is 193 g/mol. The first-order chi connectivity index (χ1) is 5.97. The van der Waals surface area contributed by atoms with Gasteiger partial charge < -0.3 is 4.74 Å². The van der Waals surface area contributed by atoms with Gasteiger partial charge in [0.15, 0.2) is 0 Å². The Labute approximate surface area is 77.9 Å². The Balaban J connectivity index is 2.59. The van der Waals surface area contributed by atoms with Gasteiger partial charge in [0, 0.05) is 19.7 Å². The molecule has 1 unspecified atom stereocenters. The zero-order valence-corrected chi connectivity index (χ0v) is 8.39. The largest absolute Gasteiger partial charge is 0.375 e. The number of piperidine rings is 1. The normalized spacial score (nSPS) is 29.5. The number of hydrogen-bond donors (Lipinski definition) is 0. The number of hydrogen-bond acceptors (Lipinski definition) is 2. The van der Waals surface area contributed by atoms with E-state index in [1.54, 1.807) is 4.90 Å².